The van der Waals surface area contributed by atoms with Crippen molar-refractivity contribution in [2.24, 2.45) is 10.7 Å². The lowest BCUT2D eigenvalue weighted by atomic mass is 10.0. The number of amidine groups is 1. The Kier molecular flexibility index (Phi) is 5.60. The second kappa shape index (κ2) is 8.27. The Morgan fingerprint density at radius 1 is 1.00 bits per heavy atom. The van der Waals surface area contributed by atoms with Gasteiger partial charge in [0.25, 0.3) is 0 Å². The van der Waals surface area contributed by atoms with Crippen molar-refractivity contribution in [3.05, 3.63) is 101 Å². The van der Waals surface area contributed by atoms with E-state index in [1.54, 1.807) is 24.4 Å². The van der Waals surface area contributed by atoms with Crippen LogP contribution in [0.5, 0.6) is 0 Å². The first kappa shape index (κ1) is 16.9. The minimum absolute atomic E-state index is 0.446. The number of halogens is 1. The summed E-state index contributed by atoms with van der Waals surface area (Å²) in [6, 6.07) is 19.6. The Labute approximate surface area is 152 Å². The van der Waals surface area contributed by atoms with Crippen LogP contribution in [-0.4, -0.2) is 10.8 Å². The van der Waals surface area contributed by atoms with Crippen LogP contribution in [0.15, 0.2) is 84.1 Å². The van der Waals surface area contributed by atoms with E-state index in [0.29, 0.717) is 10.9 Å². The van der Waals surface area contributed by atoms with E-state index in [1.807, 2.05) is 30.5 Å². The molecule has 3 nitrogen and oxygen atoms in total. The molecular weight excluding hydrogens is 330 g/mol. The van der Waals surface area contributed by atoms with Gasteiger partial charge in [-0.25, -0.2) is 4.99 Å². The highest BCUT2D eigenvalue weighted by atomic mass is 35.5. The topological polar surface area (TPSA) is 51.3 Å². The SMILES string of the molecule is NC(C=Cc1ccc(Cc2cccnc2)cc1)=Nc1ccc(Cl)cc1. The standard InChI is InChI=1S/C21H18ClN3/c22-19-8-10-20(11-9-19)25-21(23)12-7-16-3-5-17(6-4-16)14-18-2-1-13-24-15-18/h1-13,15H,14H2,(H2,23,25). The van der Waals surface area contributed by atoms with Crippen LogP contribution in [0.4, 0.5) is 5.69 Å². The van der Waals surface area contributed by atoms with Gasteiger partial charge in [-0.1, -0.05) is 48.0 Å². The van der Waals surface area contributed by atoms with Crippen molar-refractivity contribution in [3.63, 3.8) is 0 Å². The Morgan fingerprint density at radius 2 is 1.76 bits per heavy atom. The highest BCUT2D eigenvalue weighted by Gasteiger charge is 1.97. The number of rotatable bonds is 5. The van der Waals surface area contributed by atoms with Crippen LogP contribution in [0.1, 0.15) is 16.7 Å². The van der Waals surface area contributed by atoms with E-state index >= 15 is 0 Å². The highest BCUT2D eigenvalue weighted by molar-refractivity contribution is 6.30. The summed E-state index contributed by atoms with van der Waals surface area (Å²) in [5, 5.41) is 0.680. The normalized spacial score (nSPS) is 11.8. The molecule has 0 aliphatic heterocycles. The van der Waals surface area contributed by atoms with Crippen LogP contribution < -0.4 is 5.73 Å². The van der Waals surface area contributed by atoms with Crippen molar-refractivity contribution in [1.82, 2.24) is 4.98 Å². The van der Waals surface area contributed by atoms with Gasteiger partial charge in [0.15, 0.2) is 0 Å². The van der Waals surface area contributed by atoms with Gasteiger partial charge in [0, 0.05) is 17.4 Å². The first-order valence-corrected chi connectivity index (χ1v) is 8.32. The monoisotopic (exact) mass is 347 g/mol. The third-order valence-corrected chi connectivity index (χ3v) is 3.89. The van der Waals surface area contributed by atoms with Gasteiger partial charge in [-0.2, -0.15) is 0 Å². The zero-order chi connectivity index (χ0) is 17.5. The Balaban J connectivity index is 1.64. The van der Waals surface area contributed by atoms with Crippen molar-refractivity contribution in [2.45, 2.75) is 6.42 Å². The van der Waals surface area contributed by atoms with Gasteiger partial charge in [0.05, 0.1) is 5.69 Å². The van der Waals surface area contributed by atoms with Gasteiger partial charge in [0.1, 0.15) is 5.84 Å². The first-order chi connectivity index (χ1) is 12.2. The molecule has 1 aromatic heterocycles. The second-order valence-corrected chi connectivity index (χ2v) is 6.06. The zero-order valence-electron chi connectivity index (χ0n) is 13.6. The molecule has 3 rings (SSSR count). The summed E-state index contributed by atoms with van der Waals surface area (Å²) in [6.45, 7) is 0. The Morgan fingerprint density at radius 3 is 2.44 bits per heavy atom. The van der Waals surface area contributed by atoms with Crippen LogP contribution in [0.3, 0.4) is 0 Å². The molecule has 0 atom stereocenters. The van der Waals surface area contributed by atoms with Crippen molar-refractivity contribution in [1.29, 1.82) is 0 Å². The number of aromatic nitrogens is 1. The fourth-order valence-corrected chi connectivity index (χ4v) is 2.49. The average Bonchev–Trinajstić information content (AvgIpc) is 2.64. The van der Waals surface area contributed by atoms with Gasteiger partial charge in [0.2, 0.25) is 0 Å². The summed E-state index contributed by atoms with van der Waals surface area (Å²) >= 11 is 5.86. The number of benzene rings is 2. The summed E-state index contributed by atoms with van der Waals surface area (Å²) in [5.41, 5.74) is 10.2. The fraction of sp³-hybridized carbons (Fsp3) is 0.0476. The van der Waals surface area contributed by atoms with Crippen LogP contribution in [-0.2, 0) is 6.42 Å². The summed E-state index contributed by atoms with van der Waals surface area (Å²) in [6.07, 6.45) is 8.29. The van der Waals surface area contributed by atoms with Crippen molar-refractivity contribution >= 4 is 29.2 Å². The van der Waals surface area contributed by atoms with Crippen LogP contribution in [0, 0.1) is 0 Å². The van der Waals surface area contributed by atoms with Crippen LogP contribution in [0.2, 0.25) is 5.02 Å². The van der Waals surface area contributed by atoms with Crippen molar-refractivity contribution in [2.75, 3.05) is 0 Å². The van der Waals surface area contributed by atoms with E-state index < -0.39 is 0 Å². The number of pyridine rings is 1. The molecule has 0 aliphatic rings. The molecule has 0 saturated carbocycles. The van der Waals surface area contributed by atoms with Crippen molar-refractivity contribution in [3.8, 4) is 0 Å². The molecule has 124 valence electrons. The van der Waals surface area contributed by atoms with Crippen molar-refractivity contribution < 1.29 is 0 Å². The van der Waals surface area contributed by atoms with Crippen LogP contribution >= 0.6 is 11.6 Å². The molecule has 0 spiro atoms. The van der Waals surface area contributed by atoms with E-state index in [2.05, 4.69) is 40.3 Å². The molecule has 2 N–H and O–H groups in total. The van der Waals surface area contributed by atoms with Gasteiger partial charge < -0.3 is 5.73 Å². The maximum atomic E-state index is 5.95. The molecule has 0 fully saturated rings. The molecule has 2 aromatic carbocycles. The quantitative estimate of drug-likeness (QED) is 0.520. The van der Waals surface area contributed by atoms with Gasteiger partial charge in [-0.3, -0.25) is 4.98 Å². The summed E-state index contributed by atoms with van der Waals surface area (Å²) in [4.78, 5) is 8.47. The zero-order valence-corrected chi connectivity index (χ0v) is 14.4. The van der Waals surface area contributed by atoms with E-state index in [4.69, 9.17) is 17.3 Å². The predicted molar refractivity (Wildman–Crippen MR) is 105 cm³/mol. The Bertz CT molecular complexity index is 867. The third kappa shape index (κ3) is 5.30. The smallest absolute Gasteiger partial charge is 0.124 e. The highest BCUT2D eigenvalue weighted by Crippen LogP contribution is 2.16. The molecule has 0 radical (unpaired) electrons. The molecule has 0 bridgehead atoms. The maximum Gasteiger partial charge on any atom is 0.124 e. The lowest BCUT2D eigenvalue weighted by Crippen LogP contribution is -2.06. The largest absolute Gasteiger partial charge is 0.384 e. The fourth-order valence-electron chi connectivity index (χ4n) is 2.37. The molecular formula is C21H18ClN3. The van der Waals surface area contributed by atoms with Gasteiger partial charge >= 0.3 is 0 Å². The number of aliphatic imine (C=N–C) groups is 1. The second-order valence-electron chi connectivity index (χ2n) is 5.63. The molecule has 0 aliphatic carbocycles. The van der Waals surface area contributed by atoms with E-state index in [1.165, 1.54) is 11.1 Å². The molecule has 0 amide bonds. The molecule has 0 unspecified atom stereocenters. The van der Waals surface area contributed by atoms with E-state index in [0.717, 1.165) is 17.7 Å². The molecule has 0 saturated heterocycles. The summed E-state index contributed by atoms with van der Waals surface area (Å²) in [7, 11) is 0. The third-order valence-electron chi connectivity index (χ3n) is 3.64. The van der Waals surface area contributed by atoms with E-state index in [-0.39, 0.29) is 0 Å². The lowest BCUT2D eigenvalue weighted by molar-refractivity contribution is 1.14. The molecule has 4 heteroatoms. The molecule has 3 aromatic rings. The number of nitrogens with zero attached hydrogens (tertiary/aromatic N) is 2. The Hall–Kier alpha value is -2.91. The van der Waals surface area contributed by atoms with Gasteiger partial charge in [-0.15, -0.1) is 0 Å². The summed E-state index contributed by atoms with van der Waals surface area (Å²) in [5.74, 6) is 0.446. The lowest BCUT2D eigenvalue weighted by Gasteiger charge is -2.02. The number of hydrogen-bond acceptors (Lipinski definition) is 2. The molecule has 25 heavy (non-hydrogen) atoms. The number of hydrogen-bond donors (Lipinski definition) is 1. The number of nitrogens with two attached hydrogens (primary N) is 1. The van der Waals surface area contributed by atoms with E-state index in [9.17, 15) is 0 Å². The predicted octanol–water partition coefficient (Wildman–Crippen LogP) is 5.03. The summed E-state index contributed by atoms with van der Waals surface area (Å²) < 4.78 is 0. The van der Waals surface area contributed by atoms with Gasteiger partial charge in [-0.05, 0) is 59.5 Å². The molecule has 1 heterocycles. The minimum atomic E-state index is 0.446. The minimum Gasteiger partial charge on any atom is -0.384 e. The first-order valence-electron chi connectivity index (χ1n) is 7.95. The maximum absolute atomic E-state index is 5.95. The average molecular weight is 348 g/mol. The van der Waals surface area contributed by atoms with Crippen LogP contribution in [0.25, 0.3) is 6.08 Å².